The summed E-state index contributed by atoms with van der Waals surface area (Å²) in [5.41, 5.74) is 0. The van der Waals surface area contributed by atoms with E-state index in [1.54, 1.807) is 0 Å². The third-order valence-corrected chi connectivity index (χ3v) is 5.51. The van der Waals surface area contributed by atoms with Crippen molar-refractivity contribution in [3.63, 3.8) is 0 Å². The molecule has 0 aromatic heterocycles. The number of quaternary nitrogens is 1. The first kappa shape index (κ1) is 32.7. The minimum absolute atomic E-state index is 0.0362. The van der Waals surface area contributed by atoms with E-state index in [4.69, 9.17) is 0 Å². The molecule has 0 aliphatic heterocycles. The smallest absolute Gasteiger partial charge is 0.355 e. The van der Waals surface area contributed by atoms with Gasteiger partial charge in [-0.15, -0.1) is 0 Å². The van der Waals surface area contributed by atoms with Crippen LogP contribution in [0.5, 0.6) is 0 Å². The highest BCUT2D eigenvalue weighted by molar-refractivity contribution is 7.85. The Bertz CT molecular complexity index is 733. The van der Waals surface area contributed by atoms with Crippen molar-refractivity contribution in [3.8, 4) is 0 Å². The van der Waals surface area contributed by atoms with Gasteiger partial charge in [-0.1, -0.05) is 0 Å². The lowest BCUT2D eigenvalue weighted by atomic mass is 9.93. The van der Waals surface area contributed by atoms with Gasteiger partial charge in [-0.25, -0.2) is 0 Å². The molecule has 1 atom stereocenters. The summed E-state index contributed by atoms with van der Waals surface area (Å²) in [6.45, 7) is 0.603. The molecular formula is C16H22F13N2O2S+. The zero-order chi connectivity index (χ0) is 27.6. The Morgan fingerprint density at radius 1 is 0.765 bits per heavy atom. The number of alkyl halides is 13. The summed E-state index contributed by atoms with van der Waals surface area (Å²) in [5, 5.41) is 2.20. The number of nitrogens with one attached hydrogen (secondary N) is 1. The van der Waals surface area contributed by atoms with Gasteiger partial charge in [-0.05, 0) is 0 Å². The molecule has 1 unspecified atom stereocenters. The van der Waals surface area contributed by atoms with Crippen molar-refractivity contribution >= 4 is 16.7 Å². The highest BCUT2D eigenvalue weighted by Gasteiger charge is 2.90. The van der Waals surface area contributed by atoms with Crippen LogP contribution >= 0.6 is 0 Å². The second kappa shape index (κ2) is 10.3. The maximum Gasteiger partial charge on any atom is 0.460 e. The van der Waals surface area contributed by atoms with Gasteiger partial charge >= 0.3 is 35.8 Å². The summed E-state index contributed by atoms with van der Waals surface area (Å²) in [5.74, 6) is -41.1. The largest absolute Gasteiger partial charge is 0.460 e. The van der Waals surface area contributed by atoms with Crippen LogP contribution in [0, 0.1) is 0 Å². The van der Waals surface area contributed by atoms with Gasteiger partial charge in [0.1, 0.15) is 5.75 Å². The van der Waals surface area contributed by atoms with Gasteiger partial charge in [0.15, 0.2) is 0 Å². The van der Waals surface area contributed by atoms with Gasteiger partial charge in [0.25, 0.3) is 0 Å². The van der Waals surface area contributed by atoms with Crippen molar-refractivity contribution in [2.45, 2.75) is 48.6 Å². The molecule has 0 aromatic carbocycles. The highest BCUT2D eigenvalue weighted by Crippen LogP contribution is 2.60. The average Bonchev–Trinajstić information content (AvgIpc) is 2.61. The van der Waals surface area contributed by atoms with Gasteiger partial charge in [0.2, 0.25) is 5.91 Å². The standard InChI is InChI=1S/C16H21F13N2O2S/c1-31(2,3)7-4-6-30-10(32)9-34(33)8-5-11(17,18)12(19,20)13(21,22)14(23,24)15(25,26)16(27,28)29/h4-9H2,1-3H3/p+1. The summed E-state index contributed by atoms with van der Waals surface area (Å²) >= 11 is 0. The van der Waals surface area contributed by atoms with Crippen LogP contribution in [0.2, 0.25) is 0 Å². The number of nitrogens with zero attached hydrogens (tertiary/aromatic N) is 1. The quantitative estimate of drug-likeness (QED) is 0.213. The van der Waals surface area contributed by atoms with Gasteiger partial charge in [0.05, 0.1) is 27.7 Å². The van der Waals surface area contributed by atoms with Crippen LogP contribution in [0.25, 0.3) is 0 Å². The van der Waals surface area contributed by atoms with E-state index < -0.39 is 70.4 Å². The lowest BCUT2D eigenvalue weighted by Gasteiger charge is -2.39. The highest BCUT2D eigenvalue weighted by atomic mass is 32.2. The fraction of sp³-hybridized carbons (Fsp3) is 0.938. The summed E-state index contributed by atoms with van der Waals surface area (Å²) in [6, 6.07) is 0. The first-order valence-corrected chi connectivity index (χ1v) is 10.6. The Morgan fingerprint density at radius 2 is 1.21 bits per heavy atom. The van der Waals surface area contributed by atoms with Crippen molar-refractivity contribution in [1.82, 2.24) is 5.32 Å². The van der Waals surface area contributed by atoms with Crippen molar-refractivity contribution in [3.05, 3.63) is 0 Å². The zero-order valence-electron chi connectivity index (χ0n) is 17.8. The first-order valence-electron chi connectivity index (χ1n) is 9.12. The molecule has 34 heavy (non-hydrogen) atoms. The molecule has 0 radical (unpaired) electrons. The Balaban J connectivity index is 5.28. The maximum absolute atomic E-state index is 13.6. The van der Waals surface area contributed by atoms with Crippen LogP contribution in [-0.4, -0.2) is 96.1 Å². The minimum Gasteiger partial charge on any atom is -0.355 e. The van der Waals surface area contributed by atoms with E-state index in [1.807, 2.05) is 21.1 Å². The second-order valence-corrected chi connectivity index (χ2v) is 9.83. The fourth-order valence-corrected chi connectivity index (χ4v) is 3.27. The molecule has 0 aliphatic carbocycles. The predicted octanol–water partition coefficient (Wildman–Crippen LogP) is 4.08. The maximum atomic E-state index is 13.6. The number of amides is 1. The molecule has 1 amide bonds. The molecule has 0 fully saturated rings. The van der Waals surface area contributed by atoms with Crippen molar-refractivity contribution in [2.24, 2.45) is 0 Å². The van der Waals surface area contributed by atoms with Crippen LogP contribution in [0.4, 0.5) is 57.1 Å². The van der Waals surface area contributed by atoms with E-state index in [1.165, 1.54) is 0 Å². The van der Waals surface area contributed by atoms with Crippen molar-refractivity contribution in [2.75, 3.05) is 45.7 Å². The molecule has 4 nitrogen and oxygen atoms in total. The topological polar surface area (TPSA) is 46.2 Å². The van der Waals surface area contributed by atoms with E-state index in [0.717, 1.165) is 0 Å². The molecule has 0 spiro atoms. The van der Waals surface area contributed by atoms with Gasteiger partial charge < -0.3 is 9.80 Å². The Kier molecular flexibility index (Phi) is 9.94. The van der Waals surface area contributed by atoms with Crippen LogP contribution in [0.3, 0.4) is 0 Å². The lowest BCUT2D eigenvalue weighted by molar-refractivity contribution is -0.870. The molecule has 0 saturated heterocycles. The average molecular weight is 553 g/mol. The Hall–Kier alpha value is -1.33. The fourth-order valence-electron chi connectivity index (χ4n) is 2.25. The molecule has 0 aliphatic rings. The second-order valence-electron chi connectivity index (χ2n) is 8.26. The molecule has 1 N–H and O–H groups in total. The number of rotatable bonds is 13. The van der Waals surface area contributed by atoms with Gasteiger partial charge in [0, 0.05) is 35.9 Å². The molecular weight excluding hydrogens is 531 g/mol. The third kappa shape index (κ3) is 7.10. The third-order valence-electron chi connectivity index (χ3n) is 4.26. The summed E-state index contributed by atoms with van der Waals surface area (Å²) in [4.78, 5) is 11.5. The molecule has 0 rings (SSSR count). The summed E-state index contributed by atoms with van der Waals surface area (Å²) in [7, 11) is 2.73. The van der Waals surface area contributed by atoms with Crippen LogP contribution in [-0.2, 0) is 15.6 Å². The molecule has 0 bridgehead atoms. The summed E-state index contributed by atoms with van der Waals surface area (Å²) < 4.78 is 181. The van der Waals surface area contributed by atoms with Crippen molar-refractivity contribution < 1.29 is 70.6 Å². The monoisotopic (exact) mass is 553 g/mol. The van der Waals surface area contributed by atoms with Crippen LogP contribution in [0.15, 0.2) is 0 Å². The number of carbonyl (C=O) groups is 1. The van der Waals surface area contributed by atoms with E-state index in [2.05, 4.69) is 5.32 Å². The van der Waals surface area contributed by atoms with Crippen LogP contribution < -0.4 is 5.32 Å². The SMILES string of the molecule is C[N+](C)(C)CCCNC(=O)CS(=O)CCC(F)(F)C(F)(F)C(F)(F)C(F)(F)C(F)(F)C(F)(F)F. The lowest BCUT2D eigenvalue weighted by Crippen LogP contribution is -2.70. The van der Waals surface area contributed by atoms with E-state index in [-0.39, 0.29) is 6.54 Å². The molecule has 0 aromatic rings. The summed E-state index contributed by atoms with van der Waals surface area (Å²) in [6.07, 6.45) is -9.66. The molecule has 0 saturated carbocycles. The van der Waals surface area contributed by atoms with E-state index >= 15 is 0 Å². The predicted molar refractivity (Wildman–Crippen MR) is 93.8 cm³/mol. The molecule has 204 valence electrons. The van der Waals surface area contributed by atoms with E-state index in [0.29, 0.717) is 17.4 Å². The first-order chi connectivity index (χ1) is 14.7. The number of hydrogen-bond acceptors (Lipinski definition) is 2. The van der Waals surface area contributed by atoms with E-state index in [9.17, 15) is 66.1 Å². The number of carbonyl (C=O) groups excluding carboxylic acids is 1. The van der Waals surface area contributed by atoms with Crippen molar-refractivity contribution in [1.29, 1.82) is 0 Å². The molecule has 18 heteroatoms. The zero-order valence-corrected chi connectivity index (χ0v) is 18.6. The van der Waals surface area contributed by atoms with Gasteiger partial charge in [-0.3, -0.25) is 9.00 Å². The van der Waals surface area contributed by atoms with Crippen LogP contribution in [0.1, 0.15) is 12.8 Å². The van der Waals surface area contributed by atoms with Gasteiger partial charge in [-0.2, -0.15) is 57.1 Å². The Morgan fingerprint density at radius 3 is 1.62 bits per heavy atom. The molecule has 0 heterocycles. The number of hydrogen-bond donors (Lipinski definition) is 1. The minimum atomic E-state index is -7.98. The normalized spacial score (nSPS) is 15.9. The number of halogens is 13. The Labute approximate surface area is 187 Å².